The smallest absolute Gasteiger partial charge is 0.0886 e. The highest BCUT2D eigenvalue weighted by Gasteiger charge is 2.00. The van der Waals surface area contributed by atoms with Crippen LogP contribution in [0, 0.1) is 6.92 Å². The van der Waals surface area contributed by atoms with E-state index >= 15 is 0 Å². The summed E-state index contributed by atoms with van der Waals surface area (Å²) in [5.74, 6) is 0. The van der Waals surface area contributed by atoms with Crippen molar-refractivity contribution in [2.75, 3.05) is 7.05 Å². The molecule has 3 heteroatoms. The Morgan fingerprint density at radius 1 is 0.917 bits per heavy atom. The minimum atomic E-state index is 0. The van der Waals surface area contributed by atoms with Gasteiger partial charge in [0.25, 0.3) is 0 Å². The fourth-order valence-corrected chi connectivity index (χ4v) is 1.61. The highest BCUT2D eigenvalue weighted by atomic mass is 14.8. The molecule has 0 saturated heterocycles. The van der Waals surface area contributed by atoms with E-state index in [1.54, 1.807) is 0 Å². The first-order chi connectivity index (χ1) is 11.3. The van der Waals surface area contributed by atoms with Crippen LogP contribution in [0.2, 0.25) is 0 Å². The van der Waals surface area contributed by atoms with Gasteiger partial charge in [-0.15, -0.1) is 6.58 Å². The first-order valence-electron chi connectivity index (χ1n) is 8.36. The number of rotatable bonds is 4. The van der Waals surface area contributed by atoms with Crippen molar-refractivity contribution >= 4 is 0 Å². The van der Waals surface area contributed by atoms with Gasteiger partial charge in [-0.05, 0) is 50.1 Å². The molecule has 136 valence electrons. The molecule has 24 heavy (non-hydrogen) atoms. The van der Waals surface area contributed by atoms with E-state index in [9.17, 15) is 0 Å². The largest absolute Gasteiger partial charge is 0.333 e. The van der Waals surface area contributed by atoms with Gasteiger partial charge in [0, 0.05) is 12.4 Å². The van der Waals surface area contributed by atoms with E-state index in [1.807, 2.05) is 65.2 Å². The van der Waals surface area contributed by atoms with Gasteiger partial charge in [-0.3, -0.25) is 9.97 Å². The molecule has 0 amide bonds. The molecule has 0 aromatic carbocycles. The van der Waals surface area contributed by atoms with Crippen LogP contribution in [0.4, 0.5) is 0 Å². The van der Waals surface area contributed by atoms with E-state index in [2.05, 4.69) is 34.4 Å². The van der Waals surface area contributed by atoms with Crippen molar-refractivity contribution in [1.82, 2.24) is 9.97 Å². The average Bonchev–Trinajstić information content (AvgIpc) is 2.66. The Balaban J connectivity index is -0.000000569. The van der Waals surface area contributed by atoms with E-state index in [4.69, 9.17) is 0 Å². The summed E-state index contributed by atoms with van der Waals surface area (Å²) in [6, 6.07) is 8.18. The number of allylic oxidation sites excluding steroid dienone is 1. The zero-order chi connectivity index (χ0) is 18.1. The number of aromatic nitrogens is 2. The van der Waals surface area contributed by atoms with Gasteiger partial charge in [0.05, 0.1) is 11.4 Å². The lowest BCUT2D eigenvalue weighted by atomic mass is 10.1. The van der Waals surface area contributed by atoms with E-state index in [0.717, 1.165) is 29.8 Å². The SMILES string of the molecule is C.C=CCCc1ccc(-c2ccc(C)cn2)nc1.CC.CC.CN. The number of pyridine rings is 2. The lowest BCUT2D eigenvalue weighted by molar-refractivity contribution is 0.990. The second-order valence-electron chi connectivity index (χ2n) is 4.10. The Morgan fingerprint density at radius 2 is 1.42 bits per heavy atom. The average molecular weight is 332 g/mol. The molecule has 0 aliphatic carbocycles. The number of hydrogen-bond donors (Lipinski definition) is 1. The quantitative estimate of drug-likeness (QED) is 0.717. The third kappa shape index (κ3) is 10.7. The molecule has 2 aromatic heterocycles. The number of nitrogens with two attached hydrogens (primary N) is 1. The maximum atomic E-state index is 4.50. The Labute approximate surface area is 150 Å². The number of aryl methyl sites for hydroxylation is 2. The zero-order valence-electron chi connectivity index (χ0n) is 15.6. The molecule has 0 saturated carbocycles. The number of nitrogens with zero attached hydrogens (tertiary/aromatic N) is 2. The molecule has 0 atom stereocenters. The summed E-state index contributed by atoms with van der Waals surface area (Å²) in [6.45, 7) is 13.7. The summed E-state index contributed by atoms with van der Waals surface area (Å²) >= 11 is 0. The predicted molar refractivity (Wildman–Crippen MR) is 110 cm³/mol. The summed E-state index contributed by atoms with van der Waals surface area (Å²) < 4.78 is 0. The maximum absolute atomic E-state index is 4.50. The van der Waals surface area contributed by atoms with Crippen molar-refractivity contribution in [3.05, 3.63) is 60.4 Å². The molecule has 0 unspecified atom stereocenters. The van der Waals surface area contributed by atoms with E-state index in [0.29, 0.717) is 0 Å². The molecule has 2 rings (SSSR count). The fourth-order valence-electron chi connectivity index (χ4n) is 1.61. The molecule has 0 fully saturated rings. The van der Waals surface area contributed by atoms with Crippen molar-refractivity contribution in [3.8, 4) is 11.4 Å². The van der Waals surface area contributed by atoms with Crippen LogP contribution in [0.1, 0.15) is 52.7 Å². The van der Waals surface area contributed by atoms with Crippen molar-refractivity contribution in [2.24, 2.45) is 5.73 Å². The normalized spacial score (nSPS) is 7.96. The summed E-state index contributed by atoms with van der Waals surface area (Å²) in [7, 11) is 1.50. The first kappa shape index (κ1) is 26.9. The van der Waals surface area contributed by atoms with Crippen molar-refractivity contribution < 1.29 is 0 Å². The highest BCUT2D eigenvalue weighted by Crippen LogP contribution is 2.15. The summed E-state index contributed by atoms with van der Waals surface area (Å²) in [4.78, 5) is 8.80. The Hall–Kier alpha value is -2.00. The van der Waals surface area contributed by atoms with E-state index in [1.165, 1.54) is 12.6 Å². The molecular weight excluding hydrogens is 294 g/mol. The van der Waals surface area contributed by atoms with Gasteiger partial charge in [0.1, 0.15) is 0 Å². The summed E-state index contributed by atoms with van der Waals surface area (Å²) in [5, 5.41) is 0. The third-order valence-corrected chi connectivity index (χ3v) is 2.64. The van der Waals surface area contributed by atoms with E-state index < -0.39 is 0 Å². The fraction of sp³-hybridized carbons (Fsp3) is 0.429. The van der Waals surface area contributed by atoms with Gasteiger partial charge >= 0.3 is 0 Å². The second-order valence-corrected chi connectivity index (χ2v) is 4.10. The molecular formula is C21H37N3. The van der Waals surface area contributed by atoms with Gasteiger partial charge in [-0.25, -0.2) is 0 Å². The van der Waals surface area contributed by atoms with Crippen LogP contribution in [-0.4, -0.2) is 17.0 Å². The third-order valence-electron chi connectivity index (χ3n) is 2.64. The Bertz CT molecular complexity index is 487. The molecule has 2 heterocycles. The molecule has 0 aliphatic heterocycles. The van der Waals surface area contributed by atoms with Crippen LogP contribution >= 0.6 is 0 Å². The van der Waals surface area contributed by atoms with Crippen LogP contribution in [-0.2, 0) is 6.42 Å². The lowest BCUT2D eigenvalue weighted by Crippen LogP contribution is -1.90. The van der Waals surface area contributed by atoms with Crippen LogP contribution in [0.25, 0.3) is 11.4 Å². The molecule has 0 radical (unpaired) electrons. The second kappa shape index (κ2) is 19.0. The van der Waals surface area contributed by atoms with Gasteiger partial charge in [-0.1, -0.05) is 53.3 Å². The van der Waals surface area contributed by atoms with Gasteiger partial charge < -0.3 is 5.73 Å². The minimum Gasteiger partial charge on any atom is -0.333 e. The Kier molecular flexibility index (Phi) is 21.3. The minimum absolute atomic E-state index is 0. The van der Waals surface area contributed by atoms with Crippen molar-refractivity contribution in [2.45, 2.75) is 54.9 Å². The molecule has 2 aromatic rings. The molecule has 0 aliphatic rings. The van der Waals surface area contributed by atoms with Gasteiger partial charge in [0.2, 0.25) is 0 Å². The highest BCUT2D eigenvalue weighted by molar-refractivity contribution is 5.53. The lowest BCUT2D eigenvalue weighted by Gasteiger charge is -2.02. The molecule has 0 spiro atoms. The monoisotopic (exact) mass is 331 g/mol. The van der Waals surface area contributed by atoms with Crippen LogP contribution in [0.5, 0.6) is 0 Å². The van der Waals surface area contributed by atoms with Crippen LogP contribution in [0.15, 0.2) is 49.3 Å². The van der Waals surface area contributed by atoms with Crippen molar-refractivity contribution in [3.63, 3.8) is 0 Å². The van der Waals surface area contributed by atoms with Crippen molar-refractivity contribution in [1.29, 1.82) is 0 Å². The first-order valence-corrected chi connectivity index (χ1v) is 8.36. The summed E-state index contributed by atoms with van der Waals surface area (Å²) in [5.41, 5.74) is 8.75. The van der Waals surface area contributed by atoms with E-state index in [-0.39, 0.29) is 7.43 Å². The topological polar surface area (TPSA) is 51.8 Å². The Morgan fingerprint density at radius 3 is 1.79 bits per heavy atom. The molecule has 2 N–H and O–H groups in total. The number of hydrogen-bond acceptors (Lipinski definition) is 3. The maximum Gasteiger partial charge on any atom is 0.0886 e. The molecule has 0 bridgehead atoms. The van der Waals surface area contributed by atoms with Gasteiger partial charge in [-0.2, -0.15) is 0 Å². The summed E-state index contributed by atoms with van der Waals surface area (Å²) in [6.07, 6.45) is 7.69. The standard InChI is InChI=1S/C15H16N2.2C2H6.CH5N.CH4/c1-3-4-5-13-7-9-15(17-11-13)14-8-6-12(2)10-16-14;3*1-2;/h3,6-11H,1,4-5H2,2H3;2*1-2H3;2H2,1H3;1H4. The van der Waals surface area contributed by atoms with Crippen LogP contribution < -0.4 is 5.73 Å². The predicted octanol–water partition coefficient (Wildman–Crippen LogP) is 5.83. The van der Waals surface area contributed by atoms with Gasteiger partial charge in [0.15, 0.2) is 0 Å². The van der Waals surface area contributed by atoms with Crippen LogP contribution in [0.3, 0.4) is 0 Å². The zero-order valence-corrected chi connectivity index (χ0v) is 15.6. The molecule has 3 nitrogen and oxygen atoms in total.